The maximum absolute atomic E-state index is 13.6. The summed E-state index contributed by atoms with van der Waals surface area (Å²) < 4.78 is 36.1. The van der Waals surface area contributed by atoms with Crippen LogP contribution in [0.25, 0.3) is 0 Å². The largest absolute Gasteiger partial charge is 0.379 e. The zero-order valence-electron chi connectivity index (χ0n) is 9.32. The summed E-state index contributed by atoms with van der Waals surface area (Å²) in [5.74, 6) is -0.143. The third-order valence-electron chi connectivity index (χ3n) is 2.86. The number of rotatable bonds is 3. The summed E-state index contributed by atoms with van der Waals surface area (Å²) in [5.41, 5.74) is 6.45. The number of nitrogens with two attached hydrogens (primary N) is 1. The third-order valence-corrected chi connectivity index (χ3v) is 4.63. The Morgan fingerprint density at radius 3 is 2.76 bits per heavy atom. The molecule has 0 saturated carbocycles. The summed E-state index contributed by atoms with van der Waals surface area (Å²) in [5, 5.41) is 2.92. The van der Waals surface area contributed by atoms with Gasteiger partial charge in [-0.1, -0.05) is 6.07 Å². The predicted molar refractivity (Wildman–Crippen MR) is 65.0 cm³/mol. The minimum Gasteiger partial charge on any atom is -0.379 e. The van der Waals surface area contributed by atoms with Crippen molar-refractivity contribution >= 4 is 15.5 Å². The Hall–Kier alpha value is -1.14. The molecule has 1 saturated heterocycles. The Labute approximate surface area is 99.9 Å². The van der Waals surface area contributed by atoms with Crippen molar-refractivity contribution in [1.29, 1.82) is 0 Å². The Morgan fingerprint density at radius 1 is 1.47 bits per heavy atom. The minimum absolute atomic E-state index is 0.0745. The molecule has 0 radical (unpaired) electrons. The van der Waals surface area contributed by atoms with Gasteiger partial charge < -0.3 is 11.1 Å². The fourth-order valence-electron chi connectivity index (χ4n) is 1.93. The molecule has 94 valence electrons. The monoisotopic (exact) mass is 258 g/mol. The molecule has 1 aromatic carbocycles. The molecule has 1 aliphatic heterocycles. The van der Waals surface area contributed by atoms with Crippen LogP contribution in [0.4, 0.5) is 10.1 Å². The number of benzene rings is 1. The molecule has 1 atom stereocenters. The van der Waals surface area contributed by atoms with Gasteiger partial charge in [0.05, 0.1) is 17.2 Å². The smallest absolute Gasteiger partial charge is 0.152 e. The fourth-order valence-corrected chi connectivity index (χ4v) is 3.60. The van der Waals surface area contributed by atoms with Gasteiger partial charge in [-0.2, -0.15) is 0 Å². The average molecular weight is 258 g/mol. The highest BCUT2D eigenvalue weighted by Gasteiger charge is 2.28. The summed E-state index contributed by atoms with van der Waals surface area (Å²) in [6.07, 6.45) is 0.528. The molecule has 3 N–H and O–H groups in total. The molecule has 1 aliphatic rings. The minimum atomic E-state index is -2.95. The lowest BCUT2D eigenvalue weighted by Gasteiger charge is -2.13. The highest BCUT2D eigenvalue weighted by atomic mass is 32.2. The molecule has 1 aromatic rings. The molecule has 0 bridgehead atoms. The predicted octanol–water partition coefficient (Wildman–Crippen LogP) is 0.883. The second-order valence-electron chi connectivity index (χ2n) is 4.26. The van der Waals surface area contributed by atoms with Crippen molar-refractivity contribution in [3.63, 3.8) is 0 Å². The van der Waals surface area contributed by atoms with E-state index in [4.69, 9.17) is 5.73 Å². The SMILES string of the molecule is NCc1ccc(NC2CCS(=O)(=O)C2)c(F)c1. The average Bonchev–Trinajstić information content (AvgIpc) is 2.61. The van der Waals surface area contributed by atoms with Gasteiger partial charge in [-0.05, 0) is 24.1 Å². The first kappa shape index (κ1) is 12.3. The lowest BCUT2D eigenvalue weighted by molar-refractivity contribution is 0.601. The number of hydrogen-bond acceptors (Lipinski definition) is 4. The van der Waals surface area contributed by atoms with Crippen LogP contribution in [-0.4, -0.2) is 26.0 Å². The quantitative estimate of drug-likeness (QED) is 0.844. The van der Waals surface area contributed by atoms with Gasteiger partial charge >= 0.3 is 0 Å². The Bertz CT molecular complexity index is 516. The third kappa shape index (κ3) is 2.95. The van der Waals surface area contributed by atoms with E-state index in [1.807, 2.05) is 0 Å². The highest BCUT2D eigenvalue weighted by Crippen LogP contribution is 2.20. The van der Waals surface area contributed by atoms with Gasteiger partial charge in [0.15, 0.2) is 9.84 Å². The van der Waals surface area contributed by atoms with Crippen LogP contribution in [0.2, 0.25) is 0 Å². The Morgan fingerprint density at radius 2 is 2.24 bits per heavy atom. The second kappa shape index (κ2) is 4.62. The van der Waals surface area contributed by atoms with E-state index in [0.717, 1.165) is 0 Å². The zero-order chi connectivity index (χ0) is 12.5. The van der Waals surface area contributed by atoms with E-state index in [1.54, 1.807) is 12.1 Å². The molecule has 1 unspecified atom stereocenters. The molecule has 0 spiro atoms. The number of nitrogens with one attached hydrogen (secondary N) is 1. The number of sulfone groups is 1. The van der Waals surface area contributed by atoms with E-state index in [-0.39, 0.29) is 24.1 Å². The normalized spacial score (nSPS) is 22.6. The van der Waals surface area contributed by atoms with E-state index in [0.29, 0.717) is 17.7 Å². The molecular formula is C11H15FN2O2S. The summed E-state index contributed by atoms with van der Waals surface area (Å²) in [4.78, 5) is 0. The van der Waals surface area contributed by atoms with Crippen molar-refractivity contribution in [3.05, 3.63) is 29.6 Å². The molecule has 1 fully saturated rings. The Balaban J connectivity index is 2.09. The van der Waals surface area contributed by atoms with E-state index in [9.17, 15) is 12.8 Å². The lowest BCUT2D eigenvalue weighted by Crippen LogP contribution is -2.21. The van der Waals surface area contributed by atoms with Gasteiger partial charge in [0.2, 0.25) is 0 Å². The van der Waals surface area contributed by atoms with E-state index < -0.39 is 15.7 Å². The van der Waals surface area contributed by atoms with E-state index in [1.165, 1.54) is 6.07 Å². The van der Waals surface area contributed by atoms with Crippen LogP contribution < -0.4 is 11.1 Å². The van der Waals surface area contributed by atoms with Crippen molar-refractivity contribution in [3.8, 4) is 0 Å². The standard InChI is InChI=1S/C11H15FN2O2S/c12-10-5-8(6-13)1-2-11(10)14-9-3-4-17(15,16)7-9/h1-2,5,9,14H,3-4,6-7,13H2. The number of hydrogen-bond donors (Lipinski definition) is 2. The molecule has 0 amide bonds. The summed E-state index contributed by atoms with van der Waals surface area (Å²) in [6, 6.07) is 4.50. The number of halogens is 1. The van der Waals surface area contributed by atoms with Crippen molar-refractivity contribution in [2.75, 3.05) is 16.8 Å². The molecule has 17 heavy (non-hydrogen) atoms. The highest BCUT2D eigenvalue weighted by molar-refractivity contribution is 7.91. The van der Waals surface area contributed by atoms with Gasteiger partial charge in [-0.25, -0.2) is 12.8 Å². The molecular weight excluding hydrogens is 243 g/mol. The molecule has 2 rings (SSSR count). The van der Waals surface area contributed by atoms with Gasteiger partial charge in [0.1, 0.15) is 5.82 Å². The van der Waals surface area contributed by atoms with Gasteiger partial charge in [0.25, 0.3) is 0 Å². The first-order valence-electron chi connectivity index (χ1n) is 5.45. The number of anilines is 1. The van der Waals surface area contributed by atoms with Crippen LogP contribution in [0.1, 0.15) is 12.0 Å². The van der Waals surface area contributed by atoms with Crippen LogP contribution in [0.15, 0.2) is 18.2 Å². The first-order chi connectivity index (χ1) is 8.00. The zero-order valence-corrected chi connectivity index (χ0v) is 10.1. The summed E-state index contributed by atoms with van der Waals surface area (Å²) in [6.45, 7) is 0.287. The van der Waals surface area contributed by atoms with Crippen molar-refractivity contribution in [2.24, 2.45) is 5.73 Å². The van der Waals surface area contributed by atoms with Crippen LogP contribution in [-0.2, 0) is 16.4 Å². The molecule has 0 aromatic heterocycles. The summed E-state index contributed by atoms with van der Waals surface area (Å²) >= 11 is 0. The molecule has 6 heteroatoms. The van der Waals surface area contributed by atoms with E-state index >= 15 is 0 Å². The van der Waals surface area contributed by atoms with Crippen LogP contribution in [0.5, 0.6) is 0 Å². The first-order valence-corrected chi connectivity index (χ1v) is 7.28. The molecule has 1 heterocycles. The maximum atomic E-state index is 13.6. The van der Waals surface area contributed by atoms with E-state index in [2.05, 4.69) is 5.32 Å². The van der Waals surface area contributed by atoms with Crippen LogP contribution >= 0.6 is 0 Å². The van der Waals surface area contributed by atoms with Gasteiger partial charge in [0, 0.05) is 12.6 Å². The van der Waals surface area contributed by atoms with Crippen molar-refractivity contribution in [2.45, 2.75) is 19.0 Å². The van der Waals surface area contributed by atoms with Crippen molar-refractivity contribution < 1.29 is 12.8 Å². The fraction of sp³-hybridized carbons (Fsp3) is 0.455. The van der Waals surface area contributed by atoms with Gasteiger partial charge in [-0.3, -0.25) is 0 Å². The van der Waals surface area contributed by atoms with Crippen LogP contribution in [0.3, 0.4) is 0 Å². The Kier molecular flexibility index (Phi) is 3.35. The lowest BCUT2D eigenvalue weighted by atomic mass is 10.1. The van der Waals surface area contributed by atoms with Crippen molar-refractivity contribution in [1.82, 2.24) is 0 Å². The van der Waals surface area contributed by atoms with Gasteiger partial charge in [-0.15, -0.1) is 0 Å². The molecule has 4 nitrogen and oxygen atoms in total. The second-order valence-corrected chi connectivity index (χ2v) is 6.49. The van der Waals surface area contributed by atoms with Crippen LogP contribution in [0, 0.1) is 5.82 Å². The topological polar surface area (TPSA) is 72.2 Å². The maximum Gasteiger partial charge on any atom is 0.152 e. The summed E-state index contributed by atoms with van der Waals surface area (Å²) in [7, 11) is -2.95. The molecule has 0 aliphatic carbocycles.